The van der Waals surface area contributed by atoms with Gasteiger partial charge < -0.3 is 22.5 Å². The molecule has 7 heteroatoms. The molecule has 1 atom stereocenters. The van der Waals surface area contributed by atoms with E-state index >= 15 is 0 Å². The van der Waals surface area contributed by atoms with E-state index in [4.69, 9.17) is 18.0 Å². The Bertz CT molecular complexity index is 314. The van der Waals surface area contributed by atoms with Gasteiger partial charge >= 0.3 is 14.8 Å². The van der Waals surface area contributed by atoms with E-state index in [1.165, 1.54) is 6.08 Å². The van der Waals surface area contributed by atoms with Crippen LogP contribution in [0.15, 0.2) is 12.7 Å². The van der Waals surface area contributed by atoms with Crippen molar-refractivity contribution in [3.63, 3.8) is 0 Å². The van der Waals surface area contributed by atoms with Gasteiger partial charge in [-0.05, 0) is 6.92 Å². The van der Waals surface area contributed by atoms with Crippen LogP contribution in [0.3, 0.4) is 0 Å². The highest BCUT2D eigenvalue weighted by atomic mass is 28.4. The molecule has 1 unspecified atom stereocenters. The molecule has 0 aliphatic heterocycles. The third-order valence-corrected chi connectivity index (χ3v) is 6.75. The lowest BCUT2D eigenvalue weighted by Crippen LogP contribution is -2.49. The van der Waals surface area contributed by atoms with Crippen LogP contribution in [0.1, 0.15) is 13.3 Å². The highest BCUT2D eigenvalue weighted by molar-refractivity contribution is 6.60. The first-order valence-electron chi connectivity index (χ1n) is 7.19. The Morgan fingerprint density at radius 2 is 1.76 bits per heavy atom. The molecule has 0 spiro atoms. The van der Waals surface area contributed by atoms with Crippen molar-refractivity contribution in [1.82, 2.24) is 0 Å². The average Bonchev–Trinajstić information content (AvgIpc) is 2.52. The second-order valence-corrected chi connectivity index (χ2v) is 8.24. The van der Waals surface area contributed by atoms with E-state index in [0.717, 1.165) is 36.6 Å². The Morgan fingerprint density at radius 3 is 2.19 bits per heavy atom. The van der Waals surface area contributed by atoms with Gasteiger partial charge in [-0.25, -0.2) is 4.79 Å². The molecule has 0 fully saturated rings. The molecule has 0 bridgehead atoms. The SMILES string of the molecule is C=CC(=O)OCC[N+](C)(CC)CCC[Si](OC)(OC)OC. The Balaban J connectivity index is 4.28. The molecular formula is C14H30NO5Si+. The first-order chi connectivity index (χ1) is 9.90. The summed E-state index contributed by atoms with van der Waals surface area (Å²) in [6, 6.07) is 0.775. The smallest absolute Gasteiger partial charge is 0.457 e. The first kappa shape index (κ1) is 20.3. The molecule has 0 heterocycles. The molecule has 0 saturated heterocycles. The van der Waals surface area contributed by atoms with Gasteiger partial charge in [-0.1, -0.05) is 6.58 Å². The molecule has 0 aliphatic carbocycles. The molecule has 6 nitrogen and oxygen atoms in total. The Morgan fingerprint density at radius 1 is 1.19 bits per heavy atom. The predicted molar refractivity (Wildman–Crippen MR) is 83.8 cm³/mol. The van der Waals surface area contributed by atoms with Crippen molar-refractivity contribution in [2.45, 2.75) is 19.4 Å². The second kappa shape index (κ2) is 10.1. The molecule has 21 heavy (non-hydrogen) atoms. The van der Waals surface area contributed by atoms with Crippen LogP contribution in [0, 0.1) is 0 Å². The number of rotatable bonds is 12. The molecular weight excluding hydrogens is 290 g/mol. The molecule has 0 rings (SSSR count). The quantitative estimate of drug-likeness (QED) is 0.236. The number of esters is 1. The number of nitrogens with zero attached hydrogens (tertiary/aromatic N) is 1. The third-order valence-electron chi connectivity index (χ3n) is 3.92. The fourth-order valence-electron chi connectivity index (χ4n) is 2.09. The van der Waals surface area contributed by atoms with Crippen LogP contribution in [0.5, 0.6) is 0 Å². The van der Waals surface area contributed by atoms with Crippen LogP contribution in [-0.4, -0.2) is 73.9 Å². The van der Waals surface area contributed by atoms with Gasteiger partial charge in [-0.2, -0.15) is 0 Å². The summed E-state index contributed by atoms with van der Waals surface area (Å²) >= 11 is 0. The van der Waals surface area contributed by atoms with Crippen molar-refractivity contribution in [3.05, 3.63) is 12.7 Å². The minimum atomic E-state index is -2.49. The molecule has 0 radical (unpaired) electrons. The number of carbonyl (C=O) groups excluding carboxylic acids is 1. The summed E-state index contributed by atoms with van der Waals surface area (Å²) in [6.07, 6.45) is 2.12. The fraction of sp³-hybridized carbons (Fsp3) is 0.786. The van der Waals surface area contributed by atoms with Gasteiger partial charge in [0, 0.05) is 39.9 Å². The van der Waals surface area contributed by atoms with E-state index in [-0.39, 0.29) is 5.97 Å². The maximum absolute atomic E-state index is 11.1. The molecule has 0 aromatic carbocycles. The summed E-state index contributed by atoms with van der Waals surface area (Å²) in [6.45, 7) is 8.60. The highest BCUT2D eigenvalue weighted by Crippen LogP contribution is 2.17. The number of hydrogen-bond donors (Lipinski definition) is 0. The van der Waals surface area contributed by atoms with Crippen LogP contribution in [0.25, 0.3) is 0 Å². The maximum Gasteiger partial charge on any atom is 0.500 e. The van der Waals surface area contributed by atoms with Crippen LogP contribution >= 0.6 is 0 Å². The summed E-state index contributed by atoms with van der Waals surface area (Å²) in [4.78, 5) is 11.1. The van der Waals surface area contributed by atoms with Crippen LogP contribution in [0.2, 0.25) is 6.04 Å². The monoisotopic (exact) mass is 320 g/mol. The van der Waals surface area contributed by atoms with E-state index in [1.807, 2.05) is 0 Å². The van der Waals surface area contributed by atoms with Gasteiger partial charge in [0.15, 0.2) is 0 Å². The third kappa shape index (κ3) is 7.19. The molecule has 0 aromatic heterocycles. The van der Waals surface area contributed by atoms with Crippen molar-refractivity contribution < 1.29 is 27.3 Å². The van der Waals surface area contributed by atoms with Crippen molar-refractivity contribution in [2.24, 2.45) is 0 Å². The molecule has 0 aliphatic rings. The Hall–Kier alpha value is -0.733. The topological polar surface area (TPSA) is 54.0 Å². The maximum atomic E-state index is 11.1. The predicted octanol–water partition coefficient (Wildman–Crippen LogP) is 1.45. The van der Waals surface area contributed by atoms with Gasteiger partial charge in [0.2, 0.25) is 0 Å². The molecule has 0 amide bonds. The molecule has 0 N–H and O–H groups in total. The van der Waals surface area contributed by atoms with Crippen molar-refractivity contribution in [2.75, 3.05) is 54.6 Å². The number of likely N-dealkylation sites (N-methyl/N-ethyl adjacent to an activating group) is 1. The number of quaternary nitrogens is 1. The second-order valence-electron chi connectivity index (χ2n) is 5.15. The van der Waals surface area contributed by atoms with Crippen LogP contribution in [0.4, 0.5) is 0 Å². The van der Waals surface area contributed by atoms with Crippen molar-refractivity contribution in [1.29, 1.82) is 0 Å². The Labute approximate surface area is 129 Å². The lowest BCUT2D eigenvalue weighted by Gasteiger charge is -2.34. The van der Waals surface area contributed by atoms with Gasteiger partial charge in [0.25, 0.3) is 0 Å². The first-order valence-corrected chi connectivity index (χ1v) is 9.12. The molecule has 0 aromatic rings. The zero-order valence-corrected chi connectivity index (χ0v) is 15.0. The molecule has 124 valence electrons. The highest BCUT2D eigenvalue weighted by Gasteiger charge is 2.38. The van der Waals surface area contributed by atoms with E-state index in [2.05, 4.69) is 20.6 Å². The largest absolute Gasteiger partial charge is 0.500 e. The van der Waals surface area contributed by atoms with Crippen molar-refractivity contribution >= 4 is 14.8 Å². The van der Waals surface area contributed by atoms with E-state index in [9.17, 15) is 4.79 Å². The van der Waals surface area contributed by atoms with Gasteiger partial charge in [-0.3, -0.25) is 0 Å². The minimum Gasteiger partial charge on any atom is -0.457 e. The average molecular weight is 320 g/mol. The van der Waals surface area contributed by atoms with E-state index in [0.29, 0.717) is 6.61 Å². The summed E-state index contributed by atoms with van der Waals surface area (Å²) < 4.78 is 22.1. The fourth-order valence-corrected chi connectivity index (χ4v) is 3.79. The standard InChI is InChI=1S/C14H30NO5Si/c1-7-14(16)20-12-11-15(3,8-2)10-9-13-21(17-4,18-5)19-6/h7H,1,8-13H2,2-6H3/q+1. The van der Waals surface area contributed by atoms with E-state index < -0.39 is 8.80 Å². The normalized spacial score (nSPS) is 14.5. The number of hydrogen-bond acceptors (Lipinski definition) is 5. The lowest BCUT2D eigenvalue weighted by molar-refractivity contribution is -0.908. The minimum absolute atomic E-state index is 0.373. The summed E-state index contributed by atoms with van der Waals surface area (Å²) in [5, 5.41) is 0. The number of carbonyl (C=O) groups is 1. The Kier molecular flexibility index (Phi) is 9.72. The zero-order chi connectivity index (χ0) is 16.4. The van der Waals surface area contributed by atoms with Crippen LogP contribution in [-0.2, 0) is 22.8 Å². The summed E-state index contributed by atoms with van der Waals surface area (Å²) in [7, 11) is 4.54. The lowest BCUT2D eigenvalue weighted by atomic mass is 10.3. The summed E-state index contributed by atoms with van der Waals surface area (Å²) in [5.41, 5.74) is 0. The van der Waals surface area contributed by atoms with Gasteiger partial charge in [-0.15, -0.1) is 0 Å². The number of ether oxygens (including phenoxy) is 1. The van der Waals surface area contributed by atoms with Gasteiger partial charge in [0.1, 0.15) is 13.2 Å². The van der Waals surface area contributed by atoms with Gasteiger partial charge in [0.05, 0.1) is 20.1 Å². The van der Waals surface area contributed by atoms with Crippen molar-refractivity contribution in [3.8, 4) is 0 Å². The molecule has 0 saturated carbocycles. The zero-order valence-electron chi connectivity index (χ0n) is 14.0. The van der Waals surface area contributed by atoms with Crippen LogP contribution < -0.4 is 0 Å². The van der Waals surface area contributed by atoms with E-state index in [1.54, 1.807) is 21.3 Å². The summed E-state index contributed by atoms with van der Waals surface area (Å²) in [5.74, 6) is -0.373.